The number of hydrogen-bond donors (Lipinski definition) is 1. The van der Waals surface area contributed by atoms with Crippen LogP contribution in [0.3, 0.4) is 0 Å². The Morgan fingerprint density at radius 2 is 2.22 bits per heavy atom. The molecule has 0 spiro atoms. The largest absolute Gasteiger partial charge is 0.486 e. The smallest absolute Gasteiger partial charge is 0.339 e. The molecule has 98 valence electrons. The summed E-state index contributed by atoms with van der Waals surface area (Å²) in [4.78, 5) is 11.2. The van der Waals surface area contributed by atoms with Crippen LogP contribution in [0.25, 0.3) is 0 Å². The van der Waals surface area contributed by atoms with Gasteiger partial charge in [-0.1, -0.05) is 11.6 Å². The third-order valence-corrected chi connectivity index (χ3v) is 2.80. The minimum absolute atomic E-state index is 0.0706. The number of hydrogen-bond acceptors (Lipinski definition) is 5. The lowest BCUT2D eigenvalue weighted by Gasteiger charge is -2.21. The van der Waals surface area contributed by atoms with Gasteiger partial charge >= 0.3 is 5.97 Å². The molecule has 0 aromatic heterocycles. The van der Waals surface area contributed by atoms with Gasteiger partial charge in [0.05, 0.1) is 7.11 Å². The molecular weight excluding hydrogens is 267 g/mol. The fraction of sp³-hybridized carbons (Fsp3) is 0.364. The number of aliphatic hydroxyl groups is 1. The number of esters is 1. The number of halogens is 2. The zero-order valence-electron chi connectivity index (χ0n) is 9.41. The van der Waals surface area contributed by atoms with E-state index in [1.54, 1.807) is 0 Å². The van der Waals surface area contributed by atoms with Gasteiger partial charge in [-0.2, -0.15) is 0 Å². The third kappa shape index (κ3) is 2.09. The van der Waals surface area contributed by atoms with E-state index in [0.29, 0.717) is 0 Å². The summed E-state index contributed by atoms with van der Waals surface area (Å²) < 4.78 is 28.6. The molecule has 5 nitrogen and oxygen atoms in total. The van der Waals surface area contributed by atoms with Crippen LogP contribution in [-0.4, -0.2) is 31.4 Å². The van der Waals surface area contributed by atoms with E-state index >= 15 is 0 Å². The van der Waals surface area contributed by atoms with Crippen molar-refractivity contribution in [3.63, 3.8) is 0 Å². The molecule has 0 saturated heterocycles. The van der Waals surface area contributed by atoms with Gasteiger partial charge in [-0.15, -0.1) is 0 Å². The average molecular weight is 277 g/mol. The highest BCUT2D eigenvalue weighted by Crippen LogP contribution is 2.42. The Hall–Kier alpha value is -1.53. The van der Waals surface area contributed by atoms with E-state index in [0.717, 1.165) is 7.11 Å². The minimum Gasteiger partial charge on any atom is -0.486 e. The Labute approximate surface area is 107 Å². The molecular formula is C11H10ClFO5. The van der Waals surface area contributed by atoms with Crippen LogP contribution in [0.1, 0.15) is 11.7 Å². The summed E-state index contributed by atoms with van der Waals surface area (Å²) >= 11 is 5.77. The Balaban J connectivity index is 2.49. The zero-order chi connectivity index (χ0) is 13.3. The first-order valence-corrected chi connectivity index (χ1v) is 5.47. The fourth-order valence-corrected chi connectivity index (χ4v) is 1.84. The van der Waals surface area contributed by atoms with Crippen LogP contribution in [0.5, 0.6) is 11.5 Å². The maximum Gasteiger partial charge on any atom is 0.339 e. The van der Waals surface area contributed by atoms with Crippen LogP contribution in [-0.2, 0) is 9.53 Å². The van der Waals surface area contributed by atoms with E-state index in [-0.39, 0.29) is 35.3 Å². The zero-order valence-corrected chi connectivity index (χ0v) is 10.2. The number of carbonyl (C=O) groups is 1. The van der Waals surface area contributed by atoms with E-state index in [9.17, 15) is 14.3 Å². The number of carbonyl (C=O) groups excluding carboxylic acids is 1. The molecule has 1 unspecified atom stereocenters. The Bertz CT molecular complexity index is 491. The quantitative estimate of drug-likeness (QED) is 0.829. The van der Waals surface area contributed by atoms with Crippen LogP contribution in [0.2, 0.25) is 5.02 Å². The monoisotopic (exact) mass is 276 g/mol. The number of fused-ring (bicyclic) bond motifs is 1. The molecule has 1 N–H and O–H groups in total. The van der Waals surface area contributed by atoms with Crippen LogP contribution in [0, 0.1) is 5.82 Å². The van der Waals surface area contributed by atoms with Crippen molar-refractivity contribution < 1.29 is 28.5 Å². The lowest BCUT2D eigenvalue weighted by molar-refractivity contribution is -0.150. The Morgan fingerprint density at radius 1 is 1.56 bits per heavy atom. The average Bonchev–Trinajstić information content (AvgIpc) is 2.41. The molecule has 1 aliphatic rings. The summed E-state index contributed by atoms with van der Waals surface area (Å²) in [5.74, 6) is -1.66. The SMILES string of the molecule is COC(=O)C(O)c1cc2c(c(Cl)c1F)OCCO2. The maximum absolute atomic E-state index is 13.9. The van der Waals surface area contributed by atoms with Crippen molar-refractivity contribution in [1.82, 2.24) is 0 Å². The van der Waals surface area contributed by atoms with Crippen molar-refractivity contribution >= 4 is 17.6 Å². The van der Waals surface area contributed by atoms with E-state index < -0.39 is 17.9 Å². The molecule has 1 heterocycles. The highest BCUT2D eigenvalue weighted by atomic mass is 35.5. The fourth-order valence-electron chi connectivity index (χ4n) is 1.58. The summed E-state index contributed by atoms with van der Waals surface area (Å²) in [6, 6.07) is 1.18. The molecule has 1 aromatic rings. The van der Waals surface area contributed by atoms with Crippen molar-refractivity contribution in [3.8, 4) is 11.5 Å². The molecule has 18 heavy (non-hydrogen) atoms. The molecule has 7 heteroatoms. The number of aliphatic hydroxyl groups excluding tert-OH is 1. The first kappa shape index (κ1) is 12.9. The van der Waals surface area contributed by atoms with Crippen molar-refractivity contribution in [1.29, 1.82) is 0 Å². The molecule has 2 rings (SSSR count). The molecule has 0 amide bonds. The summed E-state index contributed by atoms with van der Waals surface area (Å²) in [6.07, 6.45) is -1.76. The molecule has 0 radical (unpaired) electrons. The van der Waals surface area contributed by atoms with Gasteiger partial charge in [0.15, 0.2) is 23.4 Å². The van der Waals surface area contributed by atoms with Crippen molar-refractivity contribution in [2.45, 2.75) is 6.10 Å². The van der Waals surface area contributed by atoms with Gasteiger partial charge in [0.25, 0.3) is 0 Å². The predicted molar refractivity (Wildman–Crippen MR) is 59.4 cm³/mol. The van der Waals surface area contributed by atoms with E-state index in [1.807, 2.05) is 0 Å². The lowest BCUT2D eigenvalue weighted by atomic mass is 10.1. The van der Waals surface area contributed by atoms with Gasteiger partial charge in [0.2, 0.25) is 0 Å². The molecule has 1 atom stereocenters. The second-order valence-electron chi connectivity index (χ2n) is 3.54. The molecule has 0 aliphatic carbocycles. The summed E-state index contributed by atoms with van der Waals surface area (Å²) in [5.41, 5.74) is -0.309. The number of ether oxygens (including phenoxy) is 3. The van der Waals surface area contributed by atoms with Crippen molar-refractivity contribution in [2.75, 3.05) is 20.3 Å². The van der Waals surface area contributed by atoms with Gasteiger partial charge < -0.3 is 19.3 Å². The minimum atomic E-state index is -1.76. The van der Waals surface area contributed by atoms with E-state index in [2.05, 4.69) is 4.74 Å². The van der Waals surface area contributed by atoms with Crippen molar-refractivity contribution in [3.05, 3.63) is 22.5 Å². The summed E-state index contributed by atoms with van der Waals surface area (Å²) in [7, 11) is 1.09. The Kier molecular flexibility index (Phi) is 3.58. The van der Waals surface area contributed by atoms with Gasteiger partial charge in [-0.05, 0) is 6.07 Å². The van der Waals surface area contributed by atoms with Crippen LogP contribution < -0.4 is 9.47 Å². The van der Waals surface area contributed by atoms with Crippen LogP contribution >= 0.6 is 11.6 Å². The highest BCUT2D eigenvalue weighted by Gasteiger charge is 2.28. The molecule has 1 aromatic carbocycles. The van der Waals surface area contributed by atoms with Gasteiger partial charge in [-0.25, -0.2) is 9.18 Å². The van der Waals surface area contributed by atoms with Gasteiger partial charge in [-0.3, -0.25) is 0 Å². The maximum atomic E-state index is 13.9. The first-order chi connectivity index (χ1) is 8.56. The summed E-state index contributed by atoms with van der Waals surface area (Å²) in [5, 5.41) is 9.30. The topological polar surface area (TPSA) is 65.0 Å². The van der Waals surface area contributed by atoms with Gasteiger partial charge in [0.1, 0.15) is 18.2 Å². The first-order valence-electron chi connectivity index (χ1n) is 5.09. The van der Waals surface area contributed by atoms with E-state index in [4.69, 9.17) is 21.1 Å². The van der Waals surface area contributed by atoms with E-state index in [1.165, 1.54) is 6.07 Å². The second kappa shape index (κ2) is 4.99. The van der Waals surface area contributed by atoms with Gasteiger partial charge in [0, 0.05) is 5.56 Å². The third-order valence-electron chi connectivity index (χ3n) is 2.46. The number of benzene rings is 1. The Morgan fingerprint density at radius 3 is 2.89 bits per heavy atom. The van der Waals surface area contributed by atoms with Crippen molar-refractivity contribution in [2.24, 2.45) is 0 Å². The lowest BCUT2D eigenvalue weighted by Crippen LogP contribution is -2.19. The second-order valence-corrected chi connectivity index (χ2v) is 3.92. The molecule has 0 saturated carbocycles. The molecule has 1 aliphatic heterocycles. The molecule has 0 bridgehead atoms. The molecule has 0 fully saturated rings. The standard InChI is InChI=1S/C11H10ClFO5/c1-16-11(15)9(14)5-4-6-10(7(12)8(5)13)18-3-2-17-6/h4,9,14H,2-3H2,1H3. The predicted octanol–water partition coefficient (Wildman–Crippen LogP) is 1.46. The summed E-state index contributed by atoms with van der Waals surface area (Å²) in [6.45, 7) is 0.535. The highest BCUT2D eigenvalue weighted by molar-refractivity contribution is 6.32. The number of methoxy groups -OCH3 is 1. The van der Waals surface area contributed by atoms with Crippen LogP contribution in [0.4, 0.5) is 4.39 Å². The van der Waals surface area contributed by atoms with Crippen LogP contribution in [0.15, 0.2) is 6.07 Å². The number of rotatable bonds is 2. The normalized spacial score (nSPS) is 15.1.